The van der Waals surface area contributed by atoms with Crippen molar-refractivity contribution >= 4 is 23.5 Å². The van der Waals surface area contributed by atoms with Gasteiger partial charge in [-0.15, -0.1) is 0 Å². The number of rotatable bonds is 9. The van der Waals surface area contributed by atoms with Gasteiger partial charge in [0.25, 0.3) is 5.91 Å². The smallest absolute Gasteiger partial charge is 0.392 e. The average molecular weight is 553 g/mol. The second-order valence-electron chi connectivity index (χ2n) is 11.2. The van der Waals surface area contributed by atoms with Gasteiger partial charge in [0, 0.05) is 24.3 Å². The van der Waals surface area contributed by atoms with E-state index in [4.69, 9.17) is 0 Å². The molecule has 0 bridgehead atoms. The molecule has 2 N–H and O–H groups in total. The van der Waals surface area contributed by atoms with Gasteiger partial charge in [0.15, 0.2) is 0 Å². The van der Waals surface area contributed by atoms with Crippen molar-refractivity contribution in [3.05, 3.63) is 89.0 Å². The number of nitrogens with one attached hydrogen (secondary N) is 1. The summed E-state index contributed by atoms with van der Waals surface area (Å²) in [6.07, 6.45) is 2.30. The van der Waals surface area contributed by atoms with Gasteiger partial charge in [-0.1, -0.05) is 55.5 Å². The number of benzene rings is 2. The largest absolute Gasteiger partial charge is 0.481 e. The summed E-state index contributed by atoms with van der Waals surface area (Å²) in [5.41, 5.74) is 2.68. The van der Waals surface area contributed by atoms with Gasteiger partial charge in [0.05, 0.1) is 17.3 Å². The fraction of sp³-hybridized carbons (Fsp3) is 0.387. The maximum Gasteiger partial charge on any atom is 0.392 e. The first-order valence-corrected chi connectivity index (χ1v) is 13.4. The highest BCUT2D eigenvalue weighted by Crippen LogP contribution is 2.48. The van der Waals surface area contributed by atoms with Gasteiger partial charge in [-0.25, -0.2) is 0 Å². The van der Waals surface area contributed by atoms with Crippen molar-refractivity contribution in [3.63, 3.8) is 0 Å². The molecule has 1 saturated carbocycles. The summed E-state index contributed by atoms with van der Waals surface area (Å²) >= 11 is 0. The molecule has 2 amide bonds. The molecule has 1 heterocycles. The molecule has 40 heavy (non-hydrogen) atoms. The first-order valence-electron chi connectivity index (χ1n) is 13.4. The van der Waals surface area contributed by atoms with Gasteiger partial charge >= 0.3 is 12.1 Å². The van der Waals surface area contributed by atoms with Gasteiger partial charge in [-0.2, -0.15) is 13.2 Å². The summed E-state index contributed by atoms with van der Waals surface area (Å²) in [5, 5.41) is 12.1. The van der Waals surface area contributed by atoms with Crippen LogP contribution in [0.2, 0.25) is 0 Å². The molecule has 9 heteroatoms. The Labute approximate surface area is 230 Å². The Balaban J connectivity index is 1.27. The van der Waals surface area contributed by atoms with E-state index in [0.717, 1.165) is 18.1 Å². The molecule has 2 aromatic rings. The summed E-state index contributed by atoms with van der Waals surface area (Å²) in [6, 6.07) is 14.0. The number of carboxylic acid groups (broad SMARTS) is 1. The highest BCUT2D eigenvalue weighted by Gasteiger charge is 2.50. The molecular formula is C31H31F3N2O4. The molecule has 0 radical (unpaired) electrons. The fourth-order valence-electron chi connectivity index (χ4n) is 5.72. The third kappa shape index (κ3) is 5.69. The molecule has 2 aliphatic carbocycles. The van der Waals surface area contributed by atoms with E-state index in [-0.39, 0.29) is 12.3 Å². The van der Waals surface area contributed by atoms with Crippen LogP contribution in [0.15, 0.2) is 72.3 Å². The van der Waals surface area contributed by atoms with Crippen molar-refractivity contribution in [2.45, 2.75) is 45.3 Å². The zero-order chi connectivity index (χ0) is 28.7. The van der Waals surface area contributed by atoms with Crippen molar-refractivity contribution in [2.75, 3.05) is 11.9 Å². The van der Waals surface area contributed by atoms with E-state index >= 15 is 0 Å². The number of alkyl halides is 3. The van der Waals surface area contributed by atoms with Crippen molar-refractivity contribution in [2.24, 2.45) is 23.2 Å². The minimum Gasteiger partial charge on any atom is -0.481 e. The van der Waals surface area contributed by atoms with E-state index in [9.17, 15) is 32.7 Å². The van der Waals surface area contributed by atoms with Crippen LogP contribution in [0.4, 0.5) is 18.9 Å². The lowest BCUT2D eigenvalue weighted by molar-refractivity contribution is -0.188. The normalized spacial score (nSPS) is 20.9. The number of amides is 2. The van der Waals surface area contributed by atoms with E-state index in [1.165, 1.54) is 0 Å². The van der Waals surface area contributed by atoms with Crippen LogP contribution in [0.25, 0.3) is 0 Å². The van der Waals surface area contributed by atoms with E-state index in [1.807, 2.05) is 24.3 Å². The van der Waals surface area contributed by atoms with E-state index in [2.05, 4.69) is 5.32 Å². The predicted molar refractivity (Wildman–Crippen MR) is 143 cm³/mol. The molecule has 3 aliphatic rings. The zero-order valence-corrected chi connectivity index (χ0v) is 22.1. The molecule has 1 fully saturated rings. The second-order valence-corrected chi connectivity index (χ2v) is 11.2. The highest BCUT2D eigenvalue weighted by atomic mass is 19.4. The first-order chi connectivity index (χ1) is 19.0. The fourth-order valence-corrected chi connectivity index (χ4v) is 5.72. The minimum atomic E-state index is -4.57. The number of nitrogens with zero attached hydrogens (tertiary/aromatic N) is 1. The maximum absolute atomic E-state index is 13.9. The van der Waals surface area contributed by atoms with E-state index in [1.54, 1.807) is 47.4 Å². The monoisotopic (exact) mass is 552 g/mol. The highest BCUT2D eigenvalue weighted by molar-refractivity contribution is 5.98. The quantitative estimate of drug-likeness (QED) is 0.399. The number of carbonyl (C=O) groups excluding carboxylic acids is 2. The van der Waals surface area contributed by atoms with Crippen molar-refractivity contribution in [1.29, 1.82) is 0 Å². The molecular weight excluding hydrogens is 521 g/mol. The van der Waals surface area contributed by atoms with Gasteiger partial charge in [-0.3, -0.25) is 14.4 Å². The van der Waals surface area contributed by atoms with Crippen molar-refractivity contribution < 1.29 is 32.7 Å². The summed E-state index contributed by atoms with van der Waals surface area (Å²) in [7, 11) is 0. The Hall–Kier alpha value is -3.88. The molecule has 210 valence electrons. The molecule has 6 nitrogen and oxygen atoms in total. The molecule has 1 unspecified atom stereocenters. The van der Waals surface area contributed by atoms with Crippen LogP contribution in [-0.4, -0.2) is 40.5 Å². The number of hydrogen-bond acceptors (Lipinski definition) is 3. The Morgan fingerprint density at radius 3 is 2.52 bits per heavy atom. The van der Waals surface area contributed by atoms with Crippen LogP contribution in [0.3, 0.4) is 0 Å². The summed E-state index contributed by atoms with van der Waals surface area (Å²) in [5.74, 6) is -5.63. The number of fused-ring (bicyclic) bond motifs is 1. The minimum absolute atomic E-state index is 0.0758. The number of aliphatic carboxylic acids is 1. The molecule has 0 spiro atoms. The van der Waals surface area contributed by atoms with E-state index in [0.29, 0.717) is 49.2 Å². The van der Waals surface area contributed by atoms with Gasteiger partial charge < -0.3 is 15.3 Å². The topological polar surface area (TPSA) is 86.7 Å². The Morgan fingerprint density at radius 2 is 1.90 bits per heavy atom. The third-order valence-electron chi connectivity index (χ3n) is 8.34. The number of anilines is 1. The third-order valence-corrected chi connectivity index (χ3v) is 8.34. The Kier molecular flexibility index (Phi) is 7.33. The van der Waals surface area contributed by atoms with Gasteiger partial charge in [0.1, 0.15) is 0 Å². The number of hydrogen-bond donors (Lipinski definition) is 2. The lowest BCUT2D eigenvalue weighted by Gasteiger charge is -2.32. The molecule has 3 atom stereocenters. The second kappa shape index (κ2) is 10.6. The predicted octanol–water partition coefficient (Wildman–Crippen LogP) is 6.01. The number of allylic oxidation sites excluding steroid dienone is 2. The van der Waals surface area contributed by atoms with Gasteiger partial charge in [-0.05, 0) is 66.5 Å². The zero-order valence-electron chi connectivity index (χ0n) is 22.1. The van der Waals surface area contributed by atoms with Crippen LogP contribution >= 0.6 is 0 Å². The molecule has 1 aliphatic heterocycles. The van der Waals surface area contributed by atoms with Crippen LogP contribution in [0.1, 0.15) is 47.7 Å². The van der Waals surface area contributed by atoms with Gasteiger partial charge in [0.2, 0.25) is 5.91 Å². The number of carbonyl (C=O) groups is 3. The molecule has 0 saturated heterocycles. The molecule has 5 rings (SSSR count). The van der Waals surface area contributed by atoms with E-state index < -0.39 is 41.2 Å². The standard InChI is InChI=1S/C31H31F3N2O4/c1-19(31(32,33)34)26(27(37)35-24-7-4-5-21(15-24)16-30(13-14-30)29(39)40)22-11-9-20(10-12-22)17-36-18-23-6-2-3-8-25(23)28(36)38/h2-11,15,19,22,26H,12-14,16-18H2,1H3,(H,35,37)(H,39,40)/t19-,22?,26+/m1/s1. The lowest BCUT2D eigenvalue weighted by atomic mass is 9.77. The summed E-state index contributed by atoms with van der Waals surface area (Å²) in [6.45, 7) is 1.84. The maximum atomic E-state index is 13.9. The Bertz CT molecular complexity index is 1390. The molecule has 2 aromatic carbocycles. The number of carboxylic acids is 1. The van der Waals surface area contributed by atoms with Crippen LogP contribution in [-0.2, 0) is 22.6 Å². The average Bonchev–Trinajstić information content (AvgIpc) is 3.63. The Morgan fingerprint density at radius 1 is 1.15 bits per heavy atom. The first kappa shape index (κ1) is 27.7. The number of halogens is 3. The van der Waals surface area contributed by atoms with Crippen LogP contribution < -0.4 is 5.32 Å². The lowest BCUT2D eigenvalue weighted by Crippen LogP contribution is -2.40. The van der Waals surface area contributed by atoms with Crippen molar-refractivity contribution in [1.82, 2.24) is 4.90 Å². The SMILES string of the molecule is C[C@H]([C@H](C(=O)Nc1cccc(CC2(C(=O)O)CC2)c1)C1C=CC(CN2Cc3ccccc3C2=O)=CC1)C(F)(F)F. The molecule has 0 aromatic heterocycles. The van der Waals surface area contributed by atoms with Crippen LogP contribution in [0.5, 0.6) is 0 Å². The van der Waals surface area contributed by atoms with Crippen LogP contribution in [0, 0.1) is 23.2 Å². The summed E-state index contributed by atoms with van der Waals surface area (Å²) in [4.78, 5) is 39.3. The van der Waals surface area contributed by atoms with Crippen molar-refractivity contribution in [3.8, 4) is 0 Å². The summed E-state index contributed by atoms with van der Waals surface area (Å²) < 4.78 is 41.7.